The third-order valence-electron chi connectivity index (χ3n) is 23.2. The van der Waals surface area contributed by atoms with Crippen LogP contribution in [-0.4, -0.2) is 128 Å². The molecule has 0 aliphatic carbocycles. The van der Waals surface area contributed by atoms with Crippen molar-refractivity contribution in [1.82, 2.24) is 10.6 Å². The second-order valence-corrected chi connectivity index (χ2v) is 35.1. The number of hydrogen-bond acceptors (Lipinski definition) is 20. The highest BCUT2D eigenvalue weighted by Gasteiger charge is 2.56. The maximum absolute atomic E-state index is 15.8. The first-order valence-electron chi connectivity index (χ1n) is 46.4. The van der Waals surface area contributed by atoms with Crippen molar-refractivity contribution < 1.29 is 94.5 Å². The second kappa shape index (κ2) is 57.1. The molecule has 7 aromatic carbocycles. The van der Waals surface area contributed by atoms with Crippen LogP contribution in [0, 0.1) is 0 Å². The molecule has 23 heteroatoms. The number of phosphoric acid groups is 1. The number of phosphoric ester groups is 1. The van der Waals surface area contributed by atoms with E-state index in [2.05, 4.69) is 38.3 Å². The highest BCUT2D eigenvalue weighted by Crippen LogP contribution is 2.55. The van der Waals surface area contributed by atoms with Gasteiger partial charge >= 0.3 is 19.8 Å². The second-order valence-electron chi connectivity index (χ2n) is 33.4. The minimum Gasteiger partial charge on any atom is -0.457 e. The smallest absolute Gasteiger partial charge is 0.457 e. The van der Waals surface area contributed by atoms with Crippen molar-refractivity contribution >= 4 is 31.6 Å². The highest BCUT2D eigenvalue weighted by molar-refractivity contribution is 7.48. The van der Waals surface area contributed by atoms with E-state index in [9.17, 15) is 5.11 Å². The quantitative estimate of drug-likeness (QED) is 0.0138. The van der Waals surface area contributed by atoms with Gasteiger partial charge in [-0.25, -0.2) is 4.57 Å². The van der Waals surface area contributed by atoms with Gasteiger partial charge in [-0.2, -0.15) is 0 Å². The zero-order valence-electron chi connectivity index (χ0n) is 74.2. The molecule has 1 unspecified atom stereocenters. The number of hydrogen-bond donors (Lipinski definition) is 3. The zero-order chi connectivity index (χ0) is 87.7. The Labute approximate surface area is 742 Å². The van der Waals surface area contributed by atoms with Crippen molar-refractivity contribution in [3.63, 3.8) is 0 Å². The van der Waals surface area contributed by atoms with Crippen LogP contribution in [0.5, 0.6) is 0 Å². The van der Waals surface area contributed by atoms with Crippen LogP contribution >= 0.6 is 7.82 Å². The van der Waals surface area contributed by atoms with E-state index in [4.69, 9.17) is 65.7 Å². The highest BCUT2D eigenvalue weighted by atomic mass is 31.2. The maximum atomic E-state index is 15.8. The summed E-state index contributed by atoms with van der Waals surface area (Å²) in [6.07, 6.45) is 5.79. The van der Waals surface area contributed by atoms with Crippen LogP contribution in [0.4, 0.5) is 0 Å². The fraction of sp³-hybridized carbons (Fsp3) is 0.549. The maximum Gasteiger partial charge on any atom is 0.475 e. The average Bonchev–Trinajstić information content (AvgIpc) is 1.50. The molecule has 3 aliphatic heterocycles. The number of rotatable bonds is 60. The number of carbonyl (C=O) groups excluding carboxylic acids is 4. The first-order chi connectivity index (χ1) is 61.2. The molecule has 2 fully saturated rings. The predicted molar refractivity (Wildman–Crippen MR) is 481 cm³/mol. The first-order valence-corrected chi connectivity index (χ1v) is 47.8. The van der Waals surface area contributed by atoms with Gasteiger partial charge in [0.1, 0.15) is 36.5 Å². The third kappa shape index (κ3) is 36.3. The van der Waals surface area contributed by atoms with E-state index in [1.165, 1.54) is 0 Å². The summed E-state index contributed by atoms with van der Waals surface area (Å²) >= 11 is 0. The van der Waals surface area contributed by atoms with E-state index in [1.54, 1.807) is 0 Å². The molecule has 22 nitrogen and oxygen atoms in total. The molecule has 14 atom stereocenters. The van der Waals surface area contributed by atoms with Gasteiger partial charge in [0.2, 0.25) is 11.8 Å². The van der Waals surface area contributed by atoms with Crippen LogP contribution in [0.25, 0.3) is 0 Å². The number of unbranched alkanes of at least 4 members (excludes halogenated alkanes) is 16. The fourth-order valence-corrected chi connectivity index (χ4v) is 17.4. The van der Waals surface area contributed by atoms with Gasteiger partial charge < -0.3 is 67.8 Å². The Balaban J connectivity index is 1.06. The van der Waals surface area contributed by atoms with Crippen LogP contribution < -0.4 is 10.6 Å². The minimum absolute atomic E-state index is 0.0519. The Morgan fingerprint density at radius 2 is 0.696 bits per heavy atom. The molecule has 2 amide bonds. The molecule has 0 bridgehead atoms. The molecule has 0 saturated carbocycles. The first kappa shape index (κ1) is 99.3. The number of esters is 2. The summed E-state index contributed by atoms with van der Waals surface area (Å²) in [4.78, 5) is 62.1. The number of aliphatic hydroxyl groups excluding tert-OH is 1. The molecule has 0 aromatic heterocycles. The van der Waals surface area contributed by atoms with Gasteiger partial charge in [0, 0.05) is 0 Å². The number of aliphatic hydroxyl groups is 1. The lowest BCUT2D eigenvalue weighted by Gasteiger charge is -2.47. The Kier molecular flexibility index (Phi) is 45.4. The average molecular weight is 1750 g/mol. The summed E-state index contributed by atoms with van der Waals surface area (Å²) in [6, 6.07) is 62.2. The van der Waals surface area contributed by atoms with Crippen LogP contribution in [0.15, 0.2) is 206 Å². The van der Waals surface area contributed by atoms with Gasteiger partial charge in [-0.15, -0.1) is 0 Å². The molecule has 3 aliphatic rings. The Morgan fingerprint density at radius 1 is 0.368 bits per heavy atom. The molecule has 0 radical (unpaired) electrons. The van der Waals surface area contributed by atoms with Crippen molar-refractivity contribution in [2.45, 2.75) is 346 Å². The molecule has 10 rings (SSSR count). The molecule has 7 aromatic rings. The Hall–Kier alpha value is -7.87. The number of fused-ring (bicyclic) bond motifs is 1. The molecule has 3 heterocycles. The lowest BCUT2D eigenvalue weighted by molar-refractivity contribution is -0.304. The van der Waals surface area contributed by atoms with E-state index in [-0.39, 0.29) is 85.1 Å². The summed E-state index contributed by atoms with van der Waals surface area (Å²) < 4.78 is 110. The Morgan fingerprint density at radius 3 is 1.08 bits per heavy atom. The predicted octanol–water partition coefficient (Wildman–Crippen LogP) is 20.6. The van der Waals surface area contributed by atoms with Crippen molar-refractivity contribution in [3.05, 3.63) is 251 Å². The summed E-state index contributed by atoms with van der Waals surface area (Å²) in [5, 5.41) is 19.3. The number of amides is 2. The lowest BCUT2D eigenvalue weighted by atomic mass is 9.95. The topological polar surface area (TPSA) is 259 Å². The Bertz CT molecular complexity index is 4110. The molecular weight excluding hydrogens is 1610 g/mol. The lowest BCUT2D eigenvalue weighted by Crippen LogP contribution is -2.68. The largest absolute Gasteiger partial charge is 0.475 e. The van der Waals surface area contributed by atoms with E-state index in [0.29, 0.717) is 36.8 Å². The molecule has 2 saturated heterocycles. The number of ether oxygens (including phenoxy) is 11. The SMILES string of the molecule is CCCCCCC[C@H](CC(=O)N[C@H]1[C@H](O[13CH2][C@H]2OC(O)[C@H](NC(=O)C[C@@H](CCCCCCC)OCc3ccccc3)[C@@H](OC(=O)C[C@@H](CCCCCCC)OCc3ccccc3)[C@@H]2OCc2ccccc2)O[C@H](COCc2ccccc2)[C@@H](OP2(=O)OCc3ccccc3CO2)[C@@H]1OC(=O)C[C@@H](CCCCCCC)OCc1ccccc1)OCc1ccccc1. The van der Waals surface area contributed by atoms with E-state index in [0.717, 1.165) is 162 Å². The van der Waals surface area contributed by atoms with Gasteiger partial charge in [-0.05, 0) is 70.2 Å². The number of nitrogens with one attached hydrogen (secondary N) is 2. The number of benzene rings is 7. The van der Waals surface area contributed by atoms with Crippen LogP contribution in [0.1, 0.15) is 252 Å². The van der Waals surface area contributed by atoms with E-state index < -0.39 is 124 Å². The van der Waals surface area contributed by atoms with Crippen LogP contribution in [-0.2, 0) is 142 Å². The van der Waals surface area contributed by atoms with Crippen molar-refractivity contribution in [2.24, 2.45) is 0 Å². The molecule has 125 heavy (non-hydrogen) atoms. The third-order valence-corrected chi connectivity index (χ3v) is 24.6. The molecular formula is C102H139N2O20P. The fourth-order valence-electron chi connectivity index (χ4n) is 16.1. The van der Waals surface area contributed by atoms with Crippen LogP contribution in [0.2, 0.25) is 0 Å². The standard InChI is InChI=1S/C102H139N2O20P/c1-5-9-13-17-39-59-85(112-68-78-47-29-22-30-48-78)63-91(105)103-95-99(122-93(107)65-87(61-41-19-15-11-7-3)114-70-80-51-33-24-34-52-80)97(116-72-82-55-37-26-38-56-82)90(120-101(95)109)76-117-102-96(104-92(106)64-86(60-40-18-14-10-6-2)113-69-79-49-31-23-32-50-79)100(123-94(108)66-88(62-42-20-16-12-8-4)115-71-81-53-35-25-36-54-81)98(89(121-102)75-111-67-77-45-27-21-28-46-77)124-125(110)118-73-83-57-43-44-58-84(83)74-119-125/h21-38,43-58,85-90,95-102,109H,5-20,39-42,59-76H2,1-4H3,(H,103,105)(H,104,106)/t85-,86-,87-,88-,89-,90-,95-,96-,97-,98-,99-,100-,101?,102-/m1/s1/i76+1. The van der Waals surface area contributed by atoms with Crippen molar-refractivity contribution in [3.8, 4) is 0 Å². The summed E-state index contributed by atoms with van der Waals surface area (Å²) in [7, 11) is -4.74. The number of carbonyl (C=O) groups is 4. The van der Waals surface area contributed by atoms with Gasteiger partial charge in [0.25, 0.3) is 0 Å². The summed E-state index contributed by atoms with van der Waals surface area (Å²) in [6.45, 7) is 8.27. The molecule has 682 valence electrons. The molecule has 0 spiro atoms. The van der Waals surface area contributed by atoms with Crippen molar-refractivity contribution in [1.29, 1.82) is 0 Å². The van der Waals surface area contributed by atoms with Gasteiger partial charge in [0.05, 0.1) is 116 Å². The summed E-state index contributed by atoms with van der Waals surface area (Å²) in [5.41, 5.74) is 6.64. The normalized spacial score (nSPS) is 20.9. The van der Waals surface area contributed by atoms with E-state index in [1.807, 2.05) is 206 Å². The minimum atomic E-state index is -4.74. The van der Waals surface area contributed by atoms with Gasteiger partial charge in [0.15, 0.2) is 24.8 Å². The molecule has 3 N–H and O–H groups in total. The van der Waals surface area contributed by atoms with Gasteiger partial charge in [-0.1, -0.05) is 362 Å². The van der Waals surface area contributed by atoms with Crippen LogP contribution in [0.3, 0.4) is 0 Å². The summed E-state index contributed by atoms with van der Waals surface area (Å²) in [5.74, 6) is -2.48. The van der Waals surface area contributed by atoms with E-state index >= 15 is 23.7 Å². The monoisotopic (exact) mass is 1740 g/mol. The zero-order valence-corrected chi connectivity index (χ0v) is 75.1. The van der Waals surface area contributed by atoms with Crippen molar-refractivity contribution in [2.75, 3.05) is 13.2 Å². The van der Waals surface area contributed by atoms with Gasteiger partial charge in [-0.3, -0.25) is 32.7 Å².